The van der Waals surface area contributed by atoms with Crippen LogP contribution in [0.1, 0.15) is 105 Å². The molecule has 0 radical (unpaired) electrons. The Kier molecular flexibility index (Phi) is 10.4. The van der Waals surface area contributed by atoms with E-state index < -0.39 is 14.3 Å². The predicted octanol–water partition coefficient (Wildman–Crippen LogP) is 7.64. The summed E-state index contributed by atoms with van der Waals surface area (Å²) in [7, 11) is -1.84. The van der Waals surface area contributed by atoms with Gasteiger partial charge in [-0.2, -0.15) is 0 Å². The molecule has 0 heterocycles. The molecule has 0 spiro atoms. The number of aliphatic hydroxyl groups excluding tert-OH is 1. The molecule has 0 aromatic heterocycles. The monoisotopic (exact) mass is 478 g/mol. The number of unbranched alkanes of at least 4 members (excludes halogenated alkanes) is 1. The smallest absolute Gasteiger partial charge is 0.303 e. The van der Waals surface area contributed by atoms with E-state index in [1.807, 2.05) is 0 Å². The average Bonchev–Trinajstić information content (AvgIpc) is 3.01. The van der Waals surface area contributed by atoms with Crippen molar-refractivity contribution in [2.75, 3.05) is 0 Å². The summed E-state index contributed by atoms with van der Waals surface area (Å²) in [6.45, 7) is 13.9. The summed E-state index contributed by atoms with van der Waals surface area (Å²) in [5, 5.41) is 19.8. The fourth-order valence-corrected chi connectivity index (χ4v) is 6.60. The Morgan fingerprint density at radius 2 is 1.91 bits per heavy atom. The third-order valence-corrected chi connectivity index (χ3v) is 13.2. The molecule has 0 saturated heterocycles. The molecule has 1 unspecified atom stereocenters. The molecule has 2 N–H and O–H groups in total. The zero-order valence-electron chi connectivity index (χ0n) is 22.2. The summed E-state index contributed by atoms with van der Waals surface area (Å²) >= 11 is 0. The summed E-state index contributed by atoms with van der Waals surface area (Å²) in [6.07, 6.45) is 18.3. The van der Waals surface area contributed by atoms with Gasteiger partial charge in [-0.1, -0.05) is 70.8 Å². The molecule has 5 heteroatoms. The van der Waals surface area contributed by atoms with Crippen LogP contribution in [0.3, 0.4) is 0 Å². The van der Waals surface area contributed by atoms with E-state index >= 15 is 0 Å². The molecule has 1 saturated carbocycles. The zero-order chi connectivity index (χ0) is 24.7. The molecule has 2 aliphatic rings. The number of allylic oxidation sites excluding steroid dienone is 2. The van der Waals surface area contributed by atoms with E-state index in [1.165, 1.54) is 37.7 Å². The van der Waals surface area contributed by atoms with Gasteiger partial charge in [-0.15, -0.1) is 0 Å². The Balaban J connectivity index is 2.03. The van der Waals surface area contributed by atoms with Gasteiger partial charge >= 0.3 is 5.97 Å². The molecule has 0 bridgehead atoms. The maximum Gasteiger partial charge on any atom is 0.303 e. The van der Waals surface area contributed by atoms with E-state index in [1.54, 1.807) is 0 Å². The average molecular weight is 479 g/mol. The third-order valence-electron chi connectivity index (χ3n) is 8.65. The second kappa shape index (κ2) is 12.2. The lowest BCUT2D eigenvalue weighted by Crippen LogP contribution is -2.46. The van der Waals surface area contributed by atoms with Crippen molar-refractivity contribution in [1.82, 2.24) is 0 Å². The number of hydrogen-bond donors (Lipinski definition) is 2. The van der Waals surface area contributed by atoms with Gasteiger partial charge in [0.25, 0.3) is 0 Å². The van der Waals surface area contributed by atoms with Crippen molar-refractivity contribution in [3.05, 3.63) is 23.8 Å². The lowest BCUT2D eigenvalue weighted by molar-refractivity contribution is -0.137. The molecule has 2 aliphatic carbocycles. The third kappa shape index (κ3) is 8.07. The van der Waals surface area contributed by atoms with E-state index in [-0.39, 0.29) is 23.0 Å². The molecule has 190 valence electrons. The summed E-state index contributed by atoms with van der Waals surface area (Å²) in [5.74, 6) is -0.0700. The predicted molar refractivity (Wildman–Crippen MR) is 140 cm³/mol. The Morgan fingerprint density at radius 1 is 1.24 bits per heavy atom. The summed E-state index contributed by atoms with van der Waals surface area (Å²) in [4.78, 5) is 10.7. The Bertz CT molecular complexity index is 685. The van der Waals surface area contributed by atoms with Gasteiger partial charge in [0.15, 0.2) is 8.32 Å². The van der Waals surface area contributed by atoms with Crippen LogP contribution in [0.25, 0.3) is 0 Å². The Hall–Kier alpha value is -0.913. The van der Waals surface area contributed by atoms with Crippen molar-refractivity contribution >= 4 is 14.3 Å². The van der Waals surface area contributed by atoms with Gasteiger partial charge in [0.1, 0.15) is 0 Å². The minimum atomic E-state index is -1.84. The number of carboxylic acids is 1. The van der Waals surface area contributed by atoms with Crippen molar-refractivity contribution in [3.63, 3.8) is 0 Å². The quantitative estimate of drug-likeness (QED) is 0.172. The minimum absolute atomic E-state index is 0.211. The van der Waals surface area contributed by atoms with E-state index in [0.717, 1.165) is 32.1 Å². The van der Waals surface area contributed by atoms with Gasteiger partial charge in [-0.3, -0.25) is 4.79 Å². The first-order chi connectivity index (χ1) is 15.4. The van der Waals surface area contributed by atoms with Crippen molar-refractivity contribution in [3.8, 4) is 0 Å². The van der Waals surface area contributed by atoms with Crippen LogP contribution in [-0.4, -0.2) is 36.7 Å². The molecule has 4 nitrogen and oxygen atoms in total. The number of rotatable bonds is 12. The van der Waals surface area contributed by atoms with E-state index in [2.05, 4.69) is 59.0 Å². The molecule has 2 rings (SSSR count). The highest BCUT2D eigenvalue weighted by Gasteiger charge is 2.42. The zero-order valence-corrected chi connectivity index (χ0v) is 23.2. The number of aliphatic carboxylic acids is 1. The first-order valence-electron chi connectivity index (χ1n) is 13.3. The standard InChI is InChI=1S/C28H50O4Si/c1-27(2,3)33(5,6)32-24(22-14-10-9-11-15-22)19-17-23-18-20-25(29)28(23,4)21-13-8-7-12-16-26(30)31/h8,13,18,22,24-25,29H,7,9-12,14-17,19-21H2,1-6H3,(H,30,31)/b13-8-/t24?,25-,28+/m0/s1. The van der Waals surface area contributed by atoms with E-state index in [9.17, 15) is 9.90 Å². The maximum absolute atomic E-state index is 10.8. The fraction of sp³-hybridized carbons (Fsp3) is 0.821. The maximum atomic E-state index is 10.8. The largest absolute Gasteiger partial charge is 0.481 e. The molecule has 0 aromatic rings. The molecular weight excluding hydrogens is 428 g/mol. The Labute approximate surface area is 204 Å². The van der Waals surface area contributed by atoms with Crippen molar-refractivity contribution in [2.24, 2.45) is 11.3 Å². The van der Waals surface area contributed by atoms with Crippen LogP contribution in [0, 0.1) is 11.3 Å². The first kappa shape index (κ1) is 28.3. The summed E-state index contributed by atoms with van der Waals surface area (Å²) in [5.41, 5.74) is 1.15. The normalized spacial score (nSPS) is 26.0. The number of hydrogen-bond acceptors (Lipinski definition) is 3. The lowest BCUT2D eigenvalue weighted by atomic mass is 9.75. The van der Waals surface area contributed by atoms with E-state index in [0.29, 0.717) is 18.4 Å². The first-order valence-corrected chi connectivity index (χ1v) is 16.2. The van der Waals surface area contributed by atoms with Crippen molar-refractivity contribution in [2.45, 2.75) is 135 Å². The highest BCUT2D eigenvalue weighted by molar-refractivity contribution is 6.74. The van der Waals surface area contributed by atoms with Crippen LogP contribution >= 0.6 is 0 Å². The molecule has 3 atom stereocenters. The van der Waals surface area contributed by atoms with Gasteiger partial charge in [0.05, 0.1) is 6.10 Å². The second-order valence-corrected chi connectivity index (χ2v) is 17.0. The van der Waals surface area contributed by atoms with E-state index in [4.69, 9.17) is 9.53 Å². The lowest BCUT2D eigenvalue weighted by Gasteiger charge is -2.43. The molecule has 0 amide bonds. The van der Waals surface area contributed by atoms with Crippen LogP contribution in [0.15, 0.2) is 23.8 Å². The number of carboxylic acid groups (broad SMARTS) is 1. The van der Waals surface area contributed by atoms with Gasteiger partial charge in [-0.25, -0.2) is 0 Å². The number of aliphatic hydroxyl groups is 1. The van der Waals surface area contributed by atoms with Crippen LogP contribution < -0.4 is 0 Å². The molecule has 1 fully saturated rings. The molecule has 0 aromatic carbocycles. The molecule has 0 aliphatic heterocycles. The molecular formula is C28H50O4Si. The topological polar surface area (TPSA) is 66.8 Å². The SMILES string of the molecule is CC(C)(C)[Si](C)(C)OC(CCC1=CC[C@H](O)[C@]1(C)C/C=C\CCCC(=O)O)C1CCCCC1. The minimum Gasteiger partial charge on any atom is -0.481 e. The highest BCUT2D eigenvalue weighted by Crippen LogP contribution is 2.46. The fourth-order valence-electron chi connectivity index (χ4n) is 5.18. The van der Waals surface area contributed by atoms with Gasteiger partial charge in [-0.05, 0) is 75.4 Å². The van der Waals surface area contributed by atoms with Gasteiger partial charge in [0, 0.05) is 17.9 Å². The van der Waals surface area contributed by atoms with Crippen molar-refractivity contribution in [1.29, 1.82) is 0 Å². The van der Waals surface area contributed by atoms with Crippen molar-refractivity contribution < 1.29 is 19.4 Å². The second-order valence-electron chi connectivity index (χ2n) is 12.2. The Morgan fingerprint density at radius 3 is 2.52 bits per heavy atom. The highest BCUT2D eigenvalue weighted by atomic mass is 28.4. The van der Waals surface area contributed by atoms with Gasteiger partial charge < -0.3 is 14.6 Å². The van der Waals surface area contributed by atoms with Crippen LogP contribution in [-0.2, 0) is 9.22 Å². The number of carbonyl (C=O) groups is 1. The van der Waals surface area contributed by atoms with Crippen LogP contribution in [0.4, 0.5) is 0 Å². The van der Waals surface area contributed by atoms with Crippen LogP contribution in [0.5, 0.6) is 0 Å². The van der Waals surface area contributed by atoms with Gasteiger partial charge in [0.2, 0.25) is 0 Å². The van der Waals surface area contributed by atoms with Crippen LogP contribution in [0.2, 0.25) is 18.1 Å². The summed E-state index contributed by atoms with van der Waals surface area (Å²) < 4.78 is 7.03. The summed E-state index contributed by atoms with van der Waals surface area (Å²) in [6, 6.07) is 0. The molecule has 33 heavy (non-hydrogen) atoms.